The van der Waals surface area contributed by atoms with E-state index in [0.717, 1.165) is 30.1 Å². The smallest absolute Gasteiger partial charge is 0.142 e. The molecular formula is C17H19N3O. The van der Waals surface area contributed by atoms with Crippen molar-refractivity contribution >= 4 is 16.7 Å². The van der Waals surface area contributed by atoms with Crippen LogP contribution in [0.5, 0.6) is 5.75 Å². The topological polar surface area (TPSA) is 53.1 Å². The number of nitrogen functional groups attached to an aromatic ring is 1. The van der Waals surface area contributed by atoms with Gasteiger partial charge in [-0.05, 0) is 37.6 Å². The molecule has 0 radical (unpaired) electrons. The van der Waals surface area contributed by atoms with E-state index >= 15 is 0 Å². The van der Waals surface area contributed by atoms with Crippen LogP contribution >= 0.6 is 0 Å². The van der Waals surface area contributed by atoms with Crippen molar-refractivity contribution in [2.75, 3.05) is 12.3 Å². The van der Waals surface area contributed by atoms with E-state index in [-0.39, 0.29) is 0 Å². The zero-order chi connectivity index (χ0) is 14.7. The molecule has 3 rings (SSSR count). The summed E-state index contributed by atoms with van der Waals surface area (Å²) in [4.78, 5) is 4.57. The van der Waals surface area contributed by atoms with E-state index < -0.39 is 0 Å². The molecule has 0 bridgehead atoms. The first-order valence-corrected chi connectivity index (χ1v) is 7.15. The van der Waals surface area contributed by atoms with E-state index in [1.807, 2.05) is 49.4 Å². The molecule has 21 heavy (non-hydrogen) atoms. The molecule has 3 aromatic rings. The van der Waals surface area contributed by atoms with Gasteiger partial charge in [-0.15, -0.1) is 0 Å². The molecule has 0 spiro atoms. The normalized spacial score (nSPS) is 10.9. The summed E-state index contributed by atoms with van der Waals surface area (Å²) in [6.45, 7) is 3.56. The van der Waals surface area contributed by atoms with E-state index in [4.69, 9.17) is 10.5 Å². The van der Waals surface area contributed by atoms with Crippen molar-refractivity contribution in [1.29, 1.82) is 0 Å². The molecule has 0 amide bonds. The van der Waals surface area contributed by atoms with Gasteiger partial charge in [-0.3, -0.25) is 0 Å². The van der Waals surface area contributed by atoms with E-state index in [0.29, 0.717) is 12.3 Å². The monoisotopic (exact) mass is 281 g/mol. The number of anilines is 1. The molecule has 4 heteroatoms. The molecule has 2 aromatic carbocycles. The predicted octanol–water partition coefficient (Wildman–Crippen LogP) is 3.40. The van der Waals surface area contributed by atoms with Gasteiger partial charge in [-0.2, -0.15) is 0 Å². The lowest BCUT2D eigenvalue weighted by atomic mass is 10.3. The zero-order valence-corrected chi connectivity index (χ0v) is 12.1. The highest BCUT2D eigenvalue weighted by atomic mass is 16.5. The van der Waals surface area contributed by atoms with E-state index in [1.165, 1.54) is 5.52 Å². The Morgan fingerprint density at radius 3 is 2.71 bits per heavy atom. The Hall–Kier alpha value is -2.49. The maximum Gasteiger partial charge on any atom is 0.142 e. The minimum absolute atomic E-state index is 0.639. The average molecular weight is 281 g/mol. The molecule has 4 nitrogen and oxygen atoms in total. The fourth-order valence-electron chi connectivity index (χ4n) is 2.49. The highest BCUT2D eigenvalue weighted by molar-refractivity contribution is 5.75. The highest BCUT2D eigenvalue weighted by Crippen LogP contribution is 2.20. The van der Waals surface area contributed by atoms with Crippen molar-refractivity contribution in [3.63, 3.8) is 0 Å². The maximum atomic E-state index is 5.86. The number of ether oxygens (including phenoxy) is 1. The molecule has 1 heterocycles. The molecule has 0 aliphatic rings. The molecule has 0 saturated carbocycles. The summed E-state index contributed by atoms with van der Waals surface area (Å²) in [6.07, 6.45) is 0.912. The first kappa shape index (κ1) is 13.5. The third-order valence-corrected chi connectivity index (χ3v) is 3.55. The molecule has 108 valence electrons. The average Bonchev–Trinajstić information content (AvgIpc) is 2.81. The second-order valence-corrected chi connectivity index (χ2v) is 5.04. The SMILES string of the molecule is Cc1nc2ccccc2n1CCCOc1ccccc1N. The maximum absolute atomic E-state index is 5.86. The van der Waals surface area contributed by atoms with Crippen LogP contribution in [0.3, 0.4) is 0 Å². The number of nitrogens with two attached hydrogens (primary N) is 1. The Morgan fingerprint density at radius 1 is 1.10 bits per heavy atom. The van der Waals surface area contributed by atoms with Crippen LogP contribution in [0.25, 0.3) is 11.0 Å². The third-order valence-electron chi connectivity index (χ3n) is 3.55. The first-order valence-electron chi connectivity index (χ1n) is 7.15. The van der Waals surface area contributed by atoms with Gasteiger partial charge in [0.25, 0.3) is 0 Å². The molecule has 0 fully saturated rings. The fourth-order valence-corrected chi connectivity index (χ4v) is 2.49. The van der Waals surface area contributed by atoms with E-state index in [2.05, 4.69) is 15.6 Å². The van der Waals surface area contributed by atoms with Crippen LogP contribution < -0.4 is 10.5 Å². The van der Waals surface area contributed by atoms with Crippen molar-refractivity contribution < 1.29 is 4.74 Å². The van der Waals surface area contributed by atoms with Gasteiger partial charge in [0.1, 0.15) is 11.6 Å². The number of imidazole rings is 1. The predicted molar refractivity (Wildman–Crippen MR) is 85.4 cm³/mol. The lowest BCUT2D eigenvalue weighted by Crippen LogP contribution is -2.06. The number of aryl methyl sites for hydroxylation is 2. The van der Waals surface area contributed by atoms with Crippen molar-refractivity contribution in [2.24, 2.45) is 0 Å². The number of nitrogens with zero attached hydrogens (tertiary/aromatic N) is 2. The number of fused-ring (bicyclic) bond motifs is 1. The molecule has 0 unspecified atom stereocenters. The summed E-state index contributed by atoms with van der Waals surface area (Å²) in [5.74, 6) is 1.79. The zero-order valence-electron chi connectivity index (χ0n) is 12.1. The van der Waals surface area contributed by atoms with Gasteiger partial charge >= 0.3 is 0 Å². The second-order valence-electron chi connectivity index (χ2n) is 5.04. The van der Waals surface area contributed by atoms with Gasteiger partial charge in [-0.25, -0.2) is 4.98 Å². The third kappa shape index (κ3) is 2.84. The Morgan fingerprint density at radius 2 is 1.86 bits per heavy atom. The van der Waals surface area contributed by atoms with E-state index in [1.54, 1.807) is 0 Å². The van der Waals surface area contributed by atoms with Crippen LogP contribution in [0.15, 0.2) is 48.5 Å². The molecule has 1 aromatic heterocycles. The molecule has 0 aliphatic heterocycles. The van der Waals surface area contributed by atoms with E-state index in [9.17, 15) is 0 Å². The summed E-state index contributed by atoms with van der Waals surface area (Å²) in [7, 11) is 0. The summed E-state index contributed by atoms with van der Waals surface area (Å²) in [5, 5.41) is 0. The molecule has 0 atom stereocenters. The summed E-state index contributed by atoms with van der Waals surface area (Å²) < 4.78 is 7.96. The standard InChI is InChI=1S/C17H19N3O/c1-13-19-15-8-3-4-9-16(15)20(13)11-6-12-21-17-10-5-2-7-14(17)18/h2-5,7-10H,6,11-12,18H2,1H3. The number of hydrogen-bond donors (Lipinski definition) is 1. The van der Waals surface area contributed by atoms with Gasteiger partial charge in [0.05, 0.1) is 23.3 Å². The second kappa shape index (κ2) is 5.87. The van der Waals surface area contributed by atoms with Crippen molar-refractivity contribution in [3.8, 4) is 5.75 Å². The quantitative estimate of drug-likeness (QED) is 0.576. The molecular weight excluding hydrogens is 262 g/mol. The van der Waals surface area contributed by atoms with Crippen LogP contribution in [0.4, 0.5) is 5.69 Å². The van der Waals surface area contributed by atoms with Crippen LogP contribution in [0.2, 0.25) is 0 Å². The molecule has 0 saturated heterocycles. The Labute approximate surface area is 124 Å². The summed E-state index contributed by atoms with van der Waals surface area (Å²) >= 11 is 0. The number of aromatic nitrogens is 2. The van der Waals surface area contributed by atoms with Crippen LogP contribution in [0, 0.1) is 6.92 Å². The van der Waals surface area contributed by atoms with Crippen molar-refractivity contribution in [3.05, 3.63) is 54.4 Å². The Balaban J connectivity index is 1.62. The molecule has 0 aliphatic carbocycles. The minimum atomic E-state index is 0.639. The van der Waals surface area contributed by atoms with Gasteiger partial charge in [0, 0.05) is 6.54 Å². The van der Waals surface area contributed by atoms with Crippen LogP contribution in [0.1, 0.15) is 12.2 Å². The largest absolute Gasteiger partial charge is 0.491 e. The van der Waals surface area contributed by atoms with Crippen LogP contribution in [-0.2, 0) is 6.54 Å². The lowest BCUT2D eigenvalue weighted by Gasteiger charge is -2.10. The number of rotatable bonds is 5. The van der Waals surface area contributed by atoms with Gasteiger partial charge < -0.3 is 15.0 Å². The number of hydrogen-bond acceptors (Lipinski definition) is 3. The fraction of sp³-hybridized carbons (Fsp3) is 0.235. The van der Waals surface area contributed by atoms with Gasteiger partial charge in [-0.1, -0.05) is 24.3 Å². The Kier molecular flexibility index (Phi) is 3.77. The highest BCUT2D eigenvalue weighted by Gasteiger charge is 2.06. The summed E-state index contributed by atoms with van der Waals surface area (Å²) in [6, 6.07) is 15.8. The summed E-state index contributed by atoms with van der Waals surface area (Å²) in [5.41, 5.74) is 8.76. The lowest BCUT2D eigenvalue weighted by molar-refractivity contribution is 0.303. The van der Waals surface area contributed by atoms with Crippen molar-refractivity contribution in [1.82, 2.24) is 9.55 Å². The molecule has 2 N–H and O–H groups in total. The van der Waals surface area contributed by atoms with Gasteiger partial charge in [0.15, 0.2) is 0 Å². The number of benzene rings is 2. The Bertz CT molecular complexity index is 749. The number of para-hydroxylation sites is 4. The minimum Gasteiger partial charge on any atom is -0.491 e. The van der Waals surface area contributed by atoms with Crippen molar-refractivity contribution in [2.45, 2.75) is 19.9 Å². The first-order chi connectivity index (χ1) is 10.3. The van der Waals surface area contributed by atoms with Gasteiger partial charge in [0.2, 0.25) is 0 Å². The van der Waals surface area contributed by atoms with Crippen LogP contribution in [-0.4, -0.2) is 16.2 Å².